The molecule has 0 aliphatic carbocycles. The van der Waals surface area contributed by atoms with E-state index >= 15 is 0 Å². The van der Waals surface area contributed by atoms with Crippen molar-refractivity contribution < 1.29 is 18.4 Å². The van der Waals surface area contributed by atoms with Crippen LogP contribution in [0.25, 0.3) is 0 Å². The van der Waals surface area contributed by atoms with E-state index in [-0.39, 0.29) is 0 Å². The summed E-state index contributed by atoms with van der Waals surface area (Å²) in [6.45, 7) is 4.40. The highest BCUT2D eigenvalue weighted by Gasteiger charge is 2.19. The van der Waals surface area contributed by atoms with Crippen LogP contribution in [-0.4, -0.2) is 21.2 Å². The van der Waals surface area contributed by atoms with Crippen molar-refractivity contribution in [3.05, 3.63) is 0 Å². The van der Waals surface area contributed by atoms with Crippen LogP contribution in [-0.2, 0) is 18.4 Å². The summed E-state index contributed by atoms with van der Waals surface area (Å²) in [5.74, 6) is -0.802. The predicted octanol–water partition coefficient (Wildman–Crippen LogP) is 0.621. The first-order chi connectivity index (χ1) is 5.06. The molecular formula is C6H11O4Si. The molecule has 0 aromatic heterocycles. The Morgan fingerprint density at radius 3 is 1.73 bits per heavy atom. The highest BCUT2D eigenvalue weighted by molar-refractivity contribution is 6.48. The van der Waals surface area contributed by atoms with Gasteiger partial charge < -0.3 is 8.85 Å². The number of hydrogen-bond donors (Lipinski definition) is 0. The number of carbonyl (C=O) groups excluding carboxylic acids is 2. The third kappa shape index (κ3) is 5.59. The van der Waals surface area contributed by atoms with Gasteiger partial charge in [-0.25, -0.2) is 0 Å². The Morgan fingerprint density at radius 1 is 1.18 bits per heavy atom. The zero-order chi connectivity index (χ0) is 8.85. The molecule has 0 rings (SSSR count). The molecule has 0 aliphatic rings. The molecule has 11 heavy (non-hydrogen) atoms. The molecule has 0 unspecified atom stereocenters. The highest BCUT2D eigenvalue weighted by Crippen LogP contribution is 1.96. The normalized spacial score (nSPS) is 9.45. The van der Waals surface area contributed by atoms with Gasteiger partial charge in [0.25, 0.3) is 11.9 Å². The summed E-state index contributed by atoms with van der Waals surface area (Å²) in [6, 6.07) is 0.573. The molecule has 0 saturated heterocycles. The van der Waals surface area contributed by atoms with Crippen molar-refractivity contribution in [1.82, 2.24) is 0 Å². The third-order valence-corrected chi connectivity index (χ3v) is 2.41. The van der Waals surface area contributed by atoms with Crippen LogP contribution in [0.1, 0.15) is 20.8 Å². The van der Waals surface area contributed by atoms with E-state index in [0.717, 1.165) is 0 Å². The van der Waals surface area contributed by atoms with E-state index in [2.05, 4.69) is 0 Å². The van der Waals surface area contributed by atoms with E-state index in [0.29, 0.717) is 6.04 Å². The lowest BCUT2D eigenvalue weighted by Gasteiger charge is -2.09. The average molecular weight is 175 g/mol. The SMILES string of the molecule is CC[Si](OC(C)=O)OC(C)=O. The minimum absolute atomic E-state index is 0.401. The number of carbonyl (C=O) groups is 2. The summed E-state index contributed by atoms with van der Waals surface area (Å²) in [5.41, 5.74) is 0. The monoisotopic (exact) mass is 175 g/mol. The fourth-order valence-electron chi connectivity index (χ4n) is 0.486. The molecule has 0 spiro atoms. The molecule has 4 nitrogen and oxygen atoms in total. The van der Waals surface area contributed by atoms with Gasteiger partial charge in [-0.2, -0.15) is 0 Å². The first kappa shape index (κ1) is 10.2. The molecule has 0 aromatic rings. The lowest BCUT2D eigenvalue weighted by molar-refractivity contribution is -0.137. The van der Waals surface area contributed by atoms with Gasteiger partial charge in [0.15, 0.2) is 0 Å². The molecule has 0 aromatic carbocycles. The van der Waals surface area contributed by atoms with Crippen LogP contribution in [0.5, 0.6) is 0 Å². The lowest BCUT2D eigenvalue weighted by atomic mass is 10.9. The van der Waals surface area contributed by atoms with Gasteiger partial charge >= 0.3 is 9.28 Å². The quantitative estimate of drug-likeness (QED) is 0.590. The van der Waals surface area contributed by atoms with E-state index < -0.39 is 21.2 Å². The van der Waals surface area contributed by atoms with Gasteiger partial charge in [-0.15, -0.1) is 0 Å². The van der Waals surface area contributed by atoms with Crippen LogP contribution in [0.3, 0.4) is 0 Å². The van der Waals surface area contributed by atoms with Crippen molar-refractivity contribution >= 4 is 21.2 Å². The minimum atomic E-state index is -1.68. The molecule has 0 aliphatic heterocycles. The van der Waals surface area contributed by atoms with E-state index in [1.807, 2.05) is 0 Å². The third-order valence-electron chi connectivity index (χ3n) is 0.804. The van der Waals surface area contributed by atoms with Crippen LogP contribution in [0.4, 0.5) is 0 Å². The zero-order valence-corrected chi connectivity index (χ0v) is 7.84. The molecular weight excluding hydrogens is 164 g/mol. The summed E-state index contributed by atoms with van der Waals surface area (Å²) in [5, 5.41) is 0. The van der Waals surface area contributed by atoms with E-state index in [4.69, 9.17) is 8.85 Å². The van der Waals surface area contributed by atoms with Crippen LogP contribution in [0.2, 0.25) is 6.04 Å². The second kappa shape index (κ2) is 4.89. The smallest absolute Gasteiger partial charge is 0.483 e. The standard InChI is InChI=1S/C6H11O4Si/c1-4-11(9-5(2)7)10-6(3)8/h4H2,1-3H3. The summed E-state index contributed by atoms with van der Waals surface area (Å²) < 4.78 is 9.46. The molecule has 0 amide bonds. The van der Waals surface area contributed by atoms with Crippen LogP contribution >= 0.6 is 0 Å². The number of hydrogen-bond acceptors (Lipinski definition) is 4. The largest absolute Gasteiger partial charge is 0.535 e. The average Bonchev–Trinajstić information content (AvgIpc) is 1.84. The fraction of sp³-hybridized carbons (Fsp3) is 0.667. The van der Waals surface area contributed by atoms with Gasteiger partial charge in [0.2, 0.25) is 0 Å². The van der Waals surface area contributed by atoms with Crippen molar-refractivity contribution in [3.8, 4) is 0 Å². The van der Waals surface area contributed by atoms with Crippen molar-refractivity contribution in [3.63, 3.8) is 0 Å². The molecule has 63 valence electrons. The Balaban J connectivity index is 3.76. The highest BCUT2D eigenvalue weighted by atomic mass is 28.3. The molecule has 0 atom stereocenters. The minimum Gasteiger partial charge on any atom is -0.483 e. The van der Waals surface area contributed by atoms with Gasteiger partial charge in [-0.05, 0) is 0 Å². The lowest BCUT2D eigenvalue weighted by Crippen LogP contribution is -2.26. The van der Waals surface area contributed by atoms with Crippen LogP contribution in [0.15, 0.2) is 0 Å². The Morgan fingerprint density at radius 2 is 1.55 bits per heavy atom. The van der Waals surface area contributed by atoms with E-state index in [1.54, 1.807) is 6.92 Å². The van der Waals surface area contributed by atoms with Gasteiger partial charge in [-0.1, -0.05) is 6.92 Å². The first-order valence-corrected chi connectivity index (χ1v) is 4.81. The van der Waals surface area contributed by atoms with E-state index in [1.165, 1.54) is 13.8 Å². The summed E-state index contributed by atoms with van der Waals surface area (Å²) in [6.07, 6.45) is 0. The molecule has 0 N–H and O–H groups in total. The Kier molecular flexibility index (Phi) is 4.52. The summed E-state index contributed by atoms with van der Waals surface area (Å²) in [7, 11) is -1.68. The van der Waals surface area contributed by atoms with Gasteiger partial charge in [0, 0.05) is 19.9 Å². The molecule has 0 heterocycles. The van der Waals surface area contributed by atoms with Crippen molar-refractivity contribution in [2.75, 3.05) is 0 Å². The van der Waals surface area contributed by atoms with Gasteiger partial charge in [0.1, 0.15) is 0 Å². The molecule has 0 bridgehead atoms. The Labute approximate surface area is 67.3 Å². The predicted molar refractivity (Wildman–Crippen MR) is 39.8 cm³/mol. The van der Waals surface area contributed by atoms with Gasteiger partial charge in [-0.3, -0.25) is 9.59 Å². The Bertz CT molecular complexity index is 141. The maximum Gasteiger partial charge on any atom is 0.535 e. The maximum absolute atomic E-state index is 10.4. The van der Waals surface area contributed by atoms with Crippen LogP contribution < -0.4 is 0 Å². The number of rotatable bonds is 3. The molecule has 5 heteroatoms. The zero-order valence-electron chi connectivity index (χ0n) is 6.84. The second-order valence-electron chi connectivity index (χ2n) is 1.91. The Hall–Kier alpha value is -0.843. The molecule has 0 fully saturated rings. The van der Waals surface area contributed by atoms with Gasteiger partial charge in [0.05, 0.1) is 0 Å². The van der Waals surface area contributed by atoms with Crippen LogP contribution in [0, 0.1) is 0 Å². The topological polar surface area (TPSA) is 52.6 Å². The molecule has 0 saturated carbocycles. The fourth-order valence-corrected chi connectivity index (χ4v) is 1.46. The second-order valence-corrected chi connectivity index (χ2v) is 3.77. The van der Waals surface area contributed by atoms with E-state index in [9.17, 15) is 9.59 Å². The van der Waals surface area contributed by atoms with Crippen molar-refractivity contribution in [2.45, 2.75) is 26.8 Å². The first-order valence-electron chi connectivity index (χ1n) is 3.29. The maximum atomic E-state index is 10.4. The summed E-state index contributed by atoms with van der Waals surface area (Å²) >= 11 is 0. The van der Waals surface area contributed by atoms with Crippen molar-refractivity contribution in [2.24, 2.45) is 0 Å². The molecule has 1 radical (unpaired) electrons. The van der Waals surface area contributed by atoms with Crippen molar-refractivity contribution in [1.29, 1.82) is 0 Å². The summed E-state index contributed by atoms with van der Waals surface area (Å²) in [4.78, 5) is 20.8.